The average molecular weight is 429 g/mol. The van der Waals surface area contributed by atoms with E-state index in [-0.39, 0.29) is 12.0 Å². The lowest BCUT2D eigenvalue weighted by Crippen LogP contribution is -2.53. The highest BCUT2D eigenvalue weighted by Crippen LogP contribution is 2.68. The van der Waals surface area contributed by atoms with E-state index in [1.807, 2.05) is 0 Å². The molecule has 0 bridgehead atoms. The van der Waals surface area contributed by atoms with E-state index < -0.39 is 0 Å². The van der Waals surface area contributed by atoms with Crippen molar-refractivity contribution in [2.24, 2.45) is 52.3 Å². The monoisotopic (exact) mass is 428 g/mol. The molecule has 1 aliphatic heterocycles. The molecule has 0 aromatic rings. The summed E-state index contributed by atoms with van der Waals surface area (Å²) in [4.78, 5) is 0. The van der Waals surface area contributed by atoms with Crippen LogP contribution in [-0.2, 0) is 4.74 Å². The van der Waals surface area contributed by atoms with Crippen LogP contribution in [0.4, 0.5) is 0 Å². The van der Waals surface area contributed by atoms with Crippen LogP contribution in [0.1, 0.15) is 98.8 Å². The Bertz CT molecular complexity index is 693. The van der Waals surface area contributed by atoms with Crippen molar-refractivity contribution in [2.45, 2.75) is 111 Å². The molecule has 4 aliphatic carbocycles. The Balaban J connectivity index is 1.34. The molecule has 2 heteroatoms. The summed E-state index contributed by atoms with van der Waals surface area (Å²) < 4.78 is 5.72. The summed E-state index contributed by atoms with van der Waals surface area (Å²) in [5.74, 6) is 5.57. The normalized spacial score (nSPS) is 49.8. The second-order valence-electron chi connectivity index (χ2n) is 13.2. The first-order valence-electron chi connectivity index (χ1n) is 13.8. The van der Waals surface area contributed by atoms with E-state index in [2.05, 4.69) is 40.7 Å². The topological polar surface area (TPSA) is 32.8 Å². The van der Waals surface area contributed by atoms with Crippen LogP contribution in [0.15, 0.2) is 11.6 Å². The third-order valence-corrected chi connectivity index (χ3v) is 11.2. The number of aliphatic hydroxyl groups is 1. The van der Waals surface area contributed by atoms with Gasteiger partial charge in [0.15, 0.2) is 0 Å². The number of rotatable bonds is 6. The standard InChI is InChI=1S/C29H48O2/c1-18(2)7-6-8-19(3)21-11-12-22-20-9-10-24-27(26-17-31-26)25(30)14-16-29(24,5)23(20)13-15-28(21,22)4/h10,18-23,25-27,30H,6-9,11-17H2,1-5H3/t19-,20+,21-,22+,23+,25+,26?,27?,28-,29-/m1/s1. The first kappa shape index (κ1) is 22.5. The second-order valence-corrected chi connectivity index (χ2v) is 13.2. The molecule has 4 fully saturated rings. The maximum atomic E-state index is 10.8. The van der Waals surface area contributed by atoms with Gasteiger partial charge in [-0.05, 0) is 91.3 Å². The van der Waals surface area contributed by atoms with Crippen molar-refractivity contribution in [2.75, 3.05) is 6.61 Å². The summed E-state index contributed by atoms with van der Waals surface area (Å²) in [7, 11) is 0. The Morgan fingerprint density at radius 1 is 1.03 bits per heavy atom. The third kappa shape index (κ3) is 3.67. The number of fused-ring (bicyclic) bond motifs is 5. The molecule has 1 saturated heterocycles. The predicted octanol–water partition coefficient (Wildman–Crippen LogP) is 7.01. The molecule has 2 unspecified atom stereocenters. The van der Waals surface area contributed by atoms with Gasteiger partial charge < -0.3 is 9.84 Å². The van der Waals surface area contributed by atoms with Gasteiger partial charge in [-0.1, -0.05) is 65.5 Å². The van der Waals surface area contributed by atoms with Crippen LogP contribution >= 0.6 is 0 Å². The van der Waals surface area contributed by atoms with Gasteiger partial charge in [-0.3, -0.25) is 0 Å². The van der Waals surface area contributed by atoms with E-state index >= 15 is 0 Å². The maximum absolute atomic E-state index is 10.8. The molecule has 0 aromatic carbocycles. The summed E-state index contributed by atoms with van der Waals surface area (Å²) in [6.45, 7) is 13.4. The molecule has 3 saturated carbocycles. The van der Waals surface area contributed by atoms with Crippen LogP contribution in [0, 0.1) is 52.3 Å². The van der Waals surface area contributed by atoms with Crippen molar-refractivity contribution in [1.29, 1.82) is 0 Å². The van der Waals surface area contributed by atoms with Crippen LogP contribution in [0.25, 0.3) is 0 Å². The minimum absolute atomic E-state index is 0.181. The lowest BCUT2D eigenvalue weighted by molar-refractivity contribution is -0.0678. The second kappa shape index (κ2) is 8.15. The van der Waals surface area contributed by atoms with Crippen LogP contribution in [0.2, 0.25) is 0 Å². The molecule has 1 N–H and O–H groups in total. The zero-order chi connectivity index (χ0) is 22.0. The number of allylic oxidation sites excluding steroid dienone is 1. The Hall–Kier alpha value is -0.340. The highest BCUT2D eigenvalue weighted by atomic mass is 16.6. The van der Waals surface area contributed by atoms with Crippen LogP contribution in [0.5, 0.6) is 0 Å². The fraction of sp³-hybridized carbons (Fsp3) is 0.931. The molecule has 31 heavy (non-hydrogen) atoms. The van der Waals surface area contributed by atoms with E-state index in [1.165, 1.54) is 57.8 Å². The molecule has 5 aliphatic rings. The number of ether oxygens (including phenoxy) is 1. The number of epoxide rings is 1. The van der Waals surface area contributed by atoms with Crippen LogP contribution in [0.3, 0.4) is 0 Å². The first-order chi connectivity index (χ1) is 14.8. The van der Waals surface area contributed by atoms with Gasteiger partial charge in [-0.15, -0.1) is 0 Å². The summed E-state index contributed by atoms with van der Waals surface area (Å²) in [6, 6.07) is 0. The van der Waals surface area contributed by atoms with Gasteiger partial charge in [-0.2, -0.15) is 0 Å². The van der Waals surface area contributed by atoms with Gasteiger partial charge >= 0.3 is 0 Å². The molecule has 0 radical (unpaired) electrons. The van der Waals surface area contributed by atoms with Gasteiger partial charge in [0, 0.05) is 5.92 Å². The number of aliphatic hydroxyl groups excluding tert-OH is 1. The summed E-state index contributed by atoms with van der Waals surface area (Å²) in [5, 5.41) is 10.8. The number of hydrogen-bond acceptors (Lipinski definition) is 2. The Labute approximate surface area is 191 Å². The van der Waals surface area contributed by atoms with Crippen molar-refractivity contribution in [3.63, 3.8) is 0 Å². The lowest BCUT2D eigenvalue weighted by Gasteiger charge is -2.59. The predicted molar refractivity (Wildman–Crippen MR) is 128 cm³/mol. The van der Waals surface area contributed by atoms with E-state index in [0.29, 0.717) is 16.9 Å². The van der Waals surface area contributed by atoms with Crippen LogP contribution in [-0.4, -0.2) is 23.9 Å². The lowest BCUT2D eigenvalue weighted by atomic mass is 9.45. The Morgan fingerprint density at radius 3 is 2.52 bits per heavy atom. The minimum Gasteiger partial charge on any atom is -0.392 e. The quantitative estimate of drug-likeness (QED) is 0.364. The van der Waals surface area contributed by atoms with Crippen molar-refractivity contribution < 1.29 is 9.84 Å². The highest BCUT2D eigenvalue weighted by Gasteiger charge is 2.61. The van der Waals surface area contributed by atoms with Gasteiger partial charge in [0.05, 0.1) is 18.8 Å². The summed E-state index contributed by atoms with van der Waals surface area (Å²) >= 11 is 0. The van der Waals surface area contributed by atoms with E-state index in [1.54, 1.807) is 5.57 Å². The fourth-order valence-corrected chi connectivity index (χ4v) is 9.53. The molecular weight excluding hydrogens is 380 g/mol. The Morgan fingerprint density at radius 2 is 1.81 bits per heavy atom. The molecule has 10 atom stereocenters. The van der Waals surface area contributed by atoms with Gasteiger partial charge in [0.1, 0.15) is 0 Å². The van der Waals surface area contributed by atoms with Crippen molar-refractivity contribution >= 4 is 0 Å². The van der Waals surface area contributed by atoms with Crippen molar-refractivity contribution in [3.05, 3.63) is 11.6 Å². The van der Waals surface area contributed by atoms with Crippen LogP contribution < -0.4 is 0 Å². The SMILES string of the molecule is CC(C)CCC[C@@H](C)[C@H]1CC[C@H]2[C@@H]3CC=C4C(C5CO5)[C@@H](O)CC[C@]4(C)[C@H]3CC[C@]12C. The largest absolute Gasteiger partial charge is 0.392 e. The molecule has 1 heterocycles. The Kier molecular flexibility index (Phi) is 5.91. The van der Waals surface area contributed by atoms with Gasteiger partial charge in [0.2, 0.25) is 0 Å². The average Bonchev–Trinajstić information content (AvgIpc) is 3.48. The minimum atomic E-state index is -0.181. The molecular formula is C29H48O2. The zero-order valence-corrected chi connectivity index (χ0v) is 20.9. The molecule has 0 aromatic heterocycles. The van der Waals surface area contributed by atoms with E-state index in [4.69, 9.17) is 4.74 Å². The van der Waals surface area contributed by atoms with Crippen molar-refractivity contribution in [3.8, 4) is 0 Å². The molecule has 2 nitrogen and oxygen atoms in total. The van der Waals surface area contributed by atoms with E-state index in [9.17, 15) is 5.11 Å². The van der Waals surface area contributed by atoms with Gasteiger partial charge in [-0.25, -0.2) is 0 Å². The maximum Gasteiger partial charge on any atom is 0.0900 e. The highest BCUT2D eigenvalue weighted by molar-refractivity contribution is 5.30. The molecule has 176 valence electrons. The molecule has 0 amide bonds. The fourth-order valence-electron chi connectivity index (χ4n) is 9.53. The molecule has 5 rings (SSSR count). The molecule has 0 spiro atoms. The summed E-state index contributed by atoms with van der Waals surface area (Å²) in [5.41, 5.74) is 2.46. The number of hydrogen-bond donors (Lipinski definition) is 1. The smallest absolute Gasteiger partial charge is 0.0900 e. The third-order valence-electron chi connectivity index (χ3n) is 11.2. The van der Waals surface area contributed by atoms with Crippen molar-refractivity contribution in [1.82, 2.24) is 0 Å². The van der Waals surface area contributed by atoms with E-state index in [0.717, 1.165) is 48.5 Å². The zero-order valence-electron chi connectivity index (χ0n) is 20.9. The summed E-state index contributed by atoms with van der Waals surface area (Å²) in [6.07, 6.45) is 16.2. The van der Waals surface area contributed by atoms with Gasteiger partial charge in [0.25, 0.3) is 0 Å². The first-order valence-corrected chi connectivity index (χ1v) is 13.8.